The molecule has 6 nitrogen and oxygen atoms in total. The van der Waals surface area contributed by atoms with Crippen molar-refractivity contribution < 1.29 is 9.59 Å². The summed E-state index contributed by atoms with van der Waals surface area (Å²) in [5, 5.41) is -0.285. The number of imidazole rings is 1. The van der Waals surface area contributed by atoms with Crippen molar-refractivity contribution in [1.82, 2.24) is 14.0 Å². The van der Waals surface area contributed by atoms with Crippen LogP contribution in [0.3, 0.4) is 0 Å². The minimum Gasteiger partial charge on any atom is -0.295 e. The minimum atomic E-state index is -0.306. The Morgan fingerprint density at radius 3 is 2.36 bits per heavy atom. The van der Waals surface area contributed by atoms with Crippen LogP contribution in [0.2, 0.25) is 0 Å². The van der Waals surface area contributed by atoms with Gasteiger partial charge >= 0.3 is 5.69 Å². The molecule has 0 unspecified atom stereocenters. The van der Waals surface area contributed by atoms with Crippen LogP contribution in [0.15, 0.2) is 56.6 Å². The van der Waals surface area contributed by atoms with Gasteiger partial charge in [0.25, 0.3) is 11.1 Å². The van der Waals surface area contributed by atoms with E-state index in [1.54, 1.807) is 29.3 Å². The van der Waals surface area contributed by atoms with E-state index in [1.165, 1.54) is 4.90 Å². The topological polar surface area (TPSA) is 64.3 Å². The molecule has 0 spiro atoms. The van der Waals surface area contributed by atoms with Gasteiger partial charge in [0, 0.05) is 18.6 Å². The van der Waals surface area contributed by atoms with E-state index in [-0.39, 0.29) is 23.4 Å². The Hall–Kier alpha value is -2.58. The maximum atomic E-state index is 12.7. The molecule has 3 aromatic rings. The second-order valence-corrected chi connectivity index (χ2v) is 8.45. The fourth-order valence-electron chi connectivity index (χ4n) is 3.17. The SMILES string of the molecule is Cn1c(=O)n(C)c2cc(/C=C3\SC(=O)N(Cc4ccc(Br)cc4)C3=O)ccc21. The number of fused-ring (bicyclic) bond motifs is 1. The lowest BCUT2D eigenvalue weighted by atomic mass is 10.1. The maximum Gasteiger partial charge on any atom is 0.328 e. The highest BCUT2D eigenvalue weighted by atomic mass is 79.9. The van der Waals surface area contributed by atoms with Gasteiger partial charge in [-0.15, -0.1) is 0 Å². The first kappa shape index (κ1) is 18.8. The number of hydrogen-bond acceptors (Lipinski definition) is 4. The van der Waals surface area contributed by atoms with Gasteiger partial charge in [-0.05, 0) is 53.2 Å². The first-order valence-electron chi connectivity index (χ1n) is 8.50. The van der Waals surface area contributed by atoms with E-state index in [0.717, 1.165) is 38.4 Å². The van der Waals surface area contributed by atoms with E-state index in [2.05, 4.69) is 15.9 Å². The number of aryl methyl sites for hydroxylation is 2. The Morgan fingerprint density at radius 1 is 0.964 bits per heavy atom. The number of hydrogen-bond donors (Lipinski definition) is 0. The zero-order valence-corrected chi connectivity index (χ0v) is 17.6. The van der Waals surface area contributed by atoms with Crippen LogP contribution in [0.4, 0.5) is 4.79 Å². The predicted octanol–water partition coefficient (Wildman–Crippen LogP) is 3.88. The summed E-state index contributed by atoms with van der Waals surface area (Å²) < 4.78 is 4.08. The molecule has 0 aliphatic carbocycles. The van der Waals surface area contributed by atoms with Gasteiger partial charge in [-0.2, -0.15) is 0 Å². The molecule has 0 N–H and O–H groups in total. The normalized spacial score (nSPS) is 16.0. The van der Waals surface area contributed by atoms with E-state index in [9.17, 15) is 14.4 Å². The van der Waals surface area contributed by atoms with Gasteiger partial charge < -0.3 is 0 Å². The molecule has 8 heteroatoms. The molecule has 1 aliphatic rings. The molecule has 1 aromatic heterocycles. The van der Waals surface area contributed by atoms with Crippen LogP contribution in [0.25, 0.3) is 17.1 Å². The van der Waals surface area contributed by atoms with Gasteiger partial charge in [-0.3, -0.25) is 23.6 Å². The van der Waals surface area contributed by atoms with Crippen LogP contribution < -0.4 is 5.69 Å². The van der Waals surface area contributed by atoms with Gasteiger partial charge in [0.2, 0.25) is 0 Å². The molecule has 0 saturated carbocycles. The lowest BCUT2D eigenvalue weighted by Gasteiger charge is -2.12. The van der Waals surface area contributed by atoms with Crippen LogP contribution >= 0.6 is 27.7 Å². The number of nitrogens with zero attached hydrogens (tertiary/aromatic N) is 3. The lowest BCUT2D eigenvalue weighted by Crippen LogP contribution is -2.27. The second-order valence-electron chi connectivity index (χ2n) is 6.54. The van der Waals surface area contributed by atoms with Crippen molar-refractivity contribution in [2.24, 2.45) is 14.1 Å². The number of rotatable bonds is 3. The number of thioether (sulfide) groups is 1. The first-order valence-corrected chi connectivity index (χ1v) is 10.1. The molecule has 142 valence electrons. The van der Waals surface area contributed by atoms with E-state index >= 15 is 0 Å². The summed E-state index contributed by atoms with van der Waals surface area (Å²) in [6.45, 7) is 0.238. The Balaban J connectivity index is 1.63. The van der Waals surface area contributed by atoms with Crippen LogP contribution in [0.1, 0.15) is 11.1 Å². The molecule has 0 atom stereocenters. The summed E-state index contributed by atoms with van der Waals surface area (Å²) >= 11 is 4.31. The Labute approximate surface area is 173 Å². The van der Waals surface area contributed by atoms with E-state index in [4.69, 9.17) is 0 Å². The van der Waals surface area contributed by atoms with Gasteiger partial charge in [-0.25, -0.2) is 4.79 Å². The summed E-state index contributed by atoms with van der Waals surface area (Å²) in [6.07, 6.45) is 1.70. The summed E-state index contributed by atoms with van der Waals surface area (Å²) in [5.74, 6) is -0.306. The molecule has 2 aromatic carbocycles. The van der Waals surface area contributed by atoms with Crippen LogP contribution in [0, 0.1) is 0 Å². The van der Waals surface area contributed by atoms with Crippen molar-refractivity contribution >= 4 is 55.9 Å². The van der Waals surface area contributed by atoms with E-state index in [1.807, 2.05) is 42.5 Å². The zero-order chi connectivity index (χ0) is 20.0. The molecular weight excluding hydrogens is 442 g/mol. The third-order valence-corrected chi connectivity index (χ3v) is 6.16. The third kappa shape index (κ3) is 3.22. The number of halogens is 1. The average molecular weight is 458 g/mol. The average Bonchev–Trinajstić information content (AvgIpc) is 3.06. The van der Waals surface area contributed by atoms with Crippen molar-refractivity contribution in [3.8, 4) is 0 Å². The number of aromatic nitrogens is 2. The highest BCUT2D eigenvalue weighted by Gasteiger charge is 2.35. The van der Waals surface area contributed by atoms with Crippen molar-refractivity contribution in [3.63, 3.8) is 0 Å². The molecule has 0 radical (unpaired) electrons. The zero-order valence-electron chi connectivity index (χ0n) is 15.2. The smallest absolute Gasteiger partial charge is 0.295 e. The molecular formula is C20H16BrN3O3S. The second kappa shape index (κ2) is 7.10. The maximum absolute atomic E-state index is 12.7. The summed E-state index contributed by atoms with van der Waals surface area (Å²) in [6, 6.07) is 13.0. The number of benzene rings is 2. The van der Waals surface area contributed by atoms with Crippen molar-refractivity contribution in [1.29, 1.82) is 0 Å². The Bertz CT molecular complexity index is 1210. The van der Waals surface area contributed by atoms with Crippen LogP contribution in [0.5, 0.6) is 0 Å². The first-order chi connectivity index (χ1) is 13.3. The molecule has 0 bridgehead atoms. The fourth-order valence-corrected chi connectivity index (χ4v) is 4.28. The highest BCUT2D eigenvalue weighted by Crippen LogP contribution is 2.33. The summed E-state index contributed by atoms with van der Waals surface area (Å²) in [7, 11) is 3.43. The van der Waals surface area contributed by atoms with Crippen molar-refractivity contribution in [2.75, 3.05) is 0 Å². The summed E-state index contributed by atoms with van der Waals surface area (Å²) in [4.78, 5) is 38.8. The standard InChI is InChI=1S/C20H16BrN3O3S/c1-22-15-8-5-13(9-16(15)23(2)19(22)26)10-17-18(25)24(20(27)28-17)11-12-3-6-14(21)7-4-12/h3-10H,11H2,1-2H3/b17-10-. The predicted molar refractivity (Wildman–Crippen MR) is 114 cm³/mol. The Kier molecular flexibility index (Phi) is 4.76. The largest absolute Gasteiger partial charge is 0.328 e. The molecule has 1 aliphatic heterocycles. The molecule has 2 amide bonds. The lowest BCUT2D eigenvalue weighted by molar-refractivity contribution is -0.123. The number of carbonyl (C=O) groups is 2. The molecule has 1 saturated heterocycles. The van der Waals surface area contributed by atoms with Crippen LogP contribution in [-0.4, -0.2) is 25.2 Å². The van der Waals surface area contributed by atoms with Gasteiger partial charge in [0.05, 0.1) is 22.5 Å². The van der Waals surface area contributed by atoms with Crippen molar-refractivity contribution in [3.05, 3.63) is 73.5 Å². The highest BCUT2D eigenvalue weighted by molar-refractivity contribution is 9.10. The monoisotopic (exact) mass is 457 g/mol. The molecule has 1 fully saturated rings. The number of carbonyl (C=O) groups excluding carboxylic acids is 2. The number of amides is 2. The fraction of sp³-hybridized carbons (Fsp3) is 0.150. The third-order valence-electron chi connectivity index (χ3n) is 4.72. The van der Waals surface area contributed by atoms with Gasteiger partial charge in [-0.1, -0.05) is 34.1 Å². The number of imide groups is 1. The minimum absolute atomic E-state index is 0.109. The Morgan fingerprint density at radius 2 is 1.64 bits per heavy atom. The van der Waals surface area contributed by atoms with E-state index in [0.29, 0.717) is 4.91 Å². The molecule has 4 rings (SSSR count). The molecule has 2 heterocycles. The van der Waals surface area contributed by atoms with E-state index < -0.39 is 0 Å². The van der Waals surface area contributed by atoms with Gasteiger partial charge in [0.15, 0.2) is 0 Å². The van der Waals surface area contributed by atoms with Crippen molar-refractivity contribution in [2.45, 2.75) is 6.54 Å². The molecule has 28 heavy (non-hydrogen) atoms. The van der Waals surface area contributed by atoms with Gasteiger partial charge in [0.1, 0.15) is 0 Å². The van der Waals surface area contributed by atoms with Crippen LogP contribution in [-0.2, 0) is 25.4 Å². The summed E-state index contributed by atoms with van der Waals surface area (Å²) in [5.41, 5.74) is 3.13. The quantitative estimate of drug-likeness (QED) is 0.559.